The third-order valence-electron chi connectivity index (χ3n) is 12.4. The Kier molecular flexibility index (Phi) is 30.2. The number of rotatable bonds is 36. The van der Waals surface area contributed by atoms with E-state index in [1.165, 1.54) is 4.90 Å². The lowest BCUT2D eigenvalue weighted by atomic mass is 9.99. The molecule has 16 N–H and O–H groups in total. The van der Waals surface area contributed by atoms with Crippen molar-refractivity contribution in [3.05, 3.63) is 0 Å². The van der Waals surface area contributed by atoms with E-state index in [1.54, 1.807) is 7.05 Å². The van der Waals surface area contributed by atoms with Crippen LogP contribution in [0.25, 0.3) is 0 Å². The highest BCUT2D eigenvalue weighted by molar-refractivity contribution is 5.99. The van der Waals surface area contributed by atoms with Gasteiger partial charge in [0.1, 0.15) is 84.8 Å². The largest absolute Gasteiger partial charge is 0.394 e. The zero-order valence-corrected chi connectivity index (χ0v) is 41.5. The molecule has 3 fully saturated rings. The third-order valence-corrected chi connectivity index (χ3v) is 12.4. The average molecular weight is 1070 g/mol. The fourth-order valence-corrected chi connectivity index (χ4v) is 8.22. The zero-order valence-electron chi connectivity index (χ0n) is 41.5. The number of ketones is 3. The Hall–Kier alpha value is -3.38. The second-order valence-electron chi connectivity index (χ2n) is 18.2. The number of nitrogens with one attached hydrogen (secondary N) is 4. The normalized spacial score (nSPS) is 30.6. The predicted molar refractivity (Wildman–Crippen MR) is 249 cm³/mol. The van der Waals surface area contributed by atoms with Crippen molar-refractivity contribution < 1.29 is 118 Å². The summed E-state index contributed by atoms with van der Waals surface area (Å²) in [4.78, 5) is 78.8. The summed E-state index contributed by atoms with van der Waals surface area (Å²) in [5.74, 6) is -2.66. The number of aliphatic hydroxyl groups excluding tert-OH is 12. The zero-order chi connectivity index (χ0) is 54.9. The summed E-state index contributed by atoms with van der Waals surface area (Å²) in [6.07, 6.45) is -21.1. The first-order valence-electron chi connectivity index (χ1n) is 24.8. The number of nitrogens with zero attached hydrogens (tertiary/aromatic N) is 1. The highest BCUT2D eigenvalue weighted by Gasteiger charge is 2.46. The number of carbonyl (C=O) groups is 6. The third kappa shape index (κ3) is 21.2. The van der Waals surface area contributed by atoms with Crippen LogP contribution in [0.3, 0.4) is 0 Å². The van der Waals surface area contributed by atoms with Crippen LogP contribution >= 0.6 is 0 Å². The number of Topliss-reactive ketones (excluding diaryl/α,β-unsaturated/α-hetero) is 3. The Balaban J connectivity index is 1.70. The summed E-state index contributed by atoms with van der Waals surface area (Å²) in [5.41, 5.74) is 0. The van der Waals surface area contributed by atoms with E-state index in [4.69, 9.17) is 28.4 Å². The Morgan fingerprint density at radius 3 is 1.26 bits per heavy atom. The van der Waals surface area contributed by atoms with Crippen molar-refractivity contribution in [1.29, 1.82) is 0 Å². The van der Waals surface area contributed by atoms with Gasteiger partial charge in [-0.05, 0) is 32.7 Å². The molecule has 3 rings (SSSR count). The summed E-state index contributed by atoms with van der Waals surface area (Å²) in [7, 11) is 1.60. The molecule has 74 heavy (non-hydrogen) atoms. The minimum atomic E-state index is -1.73. The van der Waals surface area contributed by atoms with Gasteiger partial charge in [0.15, 0.2) is 24.7 Å². The summed E-state index contributed by atoms with van der Waals surface area (Å²) >= 11 is 0. The van der Waals surface area contributed by atoms with Crippen LogP contribution in [0, 0.1) is 0 Å². The van der Waals surface area contributed by atoms with E-state index >= 15 is 0 Å². The molecule has 0 aromatic carbocycles. The van der Waals surface area contributed by atoms with Crippen molar-refractivity contribution in [2.75, 3.05) is 86.0 Å². The summed E-state index contributed by atoms with van der Waals surface area (Å²) in [6.45, 7) is -4.95. The molecule has 0 unspecified atom stereocenters. The van der Waals surface area contributed by atoms with E-state index in [9.17, 15) is 90.0 Å². The molecule has 0 radical (unpaired) electrons. The molecule has 0 spiro atoms. The topological polar surface area (TPSA) is 452 Å². The fraction of sp³-hybridized carbons (Fsp3) is 0.867. The van der Waals surface area contributed by atoms with Gasteiger partial charge < -0.3 is 111 Å². The lowest BCUT2D eigenvalue weighted by Gasteiger charge is -2.39. The van der Waals surface area contributed by atoms with Crippen molar-refractivity contribution in [2.45, 2.75) is 162 Å². The van der Waals surface area contributed by atoms with Gasteiger partial charge in [-0.25, -0.2) is 0 Å². The van der Waals surface area contributed by atoms with Gasteiger partial charge in [0.2, 0.25) is 17.7 Å². The number of hydrogen-bond donors (Lipinski definition) is 16. The van der Waals surface area contributed by atoms with E-state index in [2.05, 4.69) is 21.3 Å². The predicted octanol–water partition coefficient (Wildman–Crippen LogP) is -8.72. The molecular weight excluding hydrogens is 995 g/mol. The maximum Gasteiger partial charge on any atom is 0.237 e. The number of unbranched alkanes of at least 4 members (excludes halogenated alkanes) is 3. The van der Waals surface area contributed by atoms with Gasteiger partial charge in [0.25, 0.3) is 0 Å². The minimum Gasteiger partial charge on any atom is -0.394 e. The molecule has 16 atom stereocenters. The van der Waals surface area contributed by atoms with Crippen molar-refractivity contribution in [1.82, 2.24) is 26.2 Å². The highest BCUT2D eigenvalue weighted by atomic mass is 16.7. The molecule has 3 heterocycles. The van der Waals surface area contributed by atoms with E-state index in [0.29, 0.717) is 32.1 Å². The van der Waals surface area contributed by atoms with Crippen molar-refractivity contribution in [2.24, 2.45) is 0 Å². The van der Waals surface area contributed by atoms with Crippen LogP contribution in [0.4, 0.5) is 0 Å². The molecule has 29 nitrogen and oxygen atoms in total. The van der Waals surface area contributed by atoms with Crippen LogP contribution in [0.15, 0.2) is 0 Å². The van der Waals surface area contributed by atoms with E-state index in [-0.39, 0.29) is 95.5 Å². The van der Waals surface area contributed by atoms with Gasteiger partial charge in [-0.3, -0.25) is 33.7 Å². The lowest BCUT2D eigenvalue weighted by molar-refractivity contribution is -0.300. The number of aliphatic hydroxyl groups is 12. The van der Waals surface area contributed by atoms with Crippen molar-refractivity contribution >= 4 is 35.1 Å². The maximum atomic E-state index is 14.1. The quantitative estimate of drug-likeness (QED) is 0.0205. The van der Waals surface area contributed by atoms with E-state index < -0.39 is 149 Å². The van der Waals surface area contributed by atoms with E-state index in [0.717, 1.165) is 0 Å². The summed E-state index contributed by atoms with van der Waals surface area (Å²) < 4.78 is 32.4. The smallest absolute Gasteiger partial charge is 0.237 e. The molecule has 29 heteroatoms. The monoisotopic (exact) mass is 1070 g/mol. The lowest BCUT2D eigenvalue weighted by Crippen LogP contribution is -2.59. The van der Waals surface area contributed by atoms with Gasteiger partial charge in [-0.1, -0.05) is 12.8 Å². The van der Waals surface area contributed by atoms with E-state index in [1.807, 2.05) is 0 Å². The van der Waals surface area contributed by atoms with Crippen molar-refractivity contribution in [3.63, 3.8) is 0 Å². The molecular formula is C45H79N5O24. The first-order valence-corrected chi connectivity index (χ1v) is 24.8. The average Bonchev–Trinajstić information content (AvgIpc) is 3.37. The molecule has 3 aliphatic rings. The molecule has 3 aliphatic heterocycles. The second kappa shape index (κ2) is 34.4. The molecule has 0 saturated carbocycles. The number of ether oxygens (including phenoxy) is 6. The number of likely N-dealkylation sites (N-methyl/N-ethyl adjacent to an activating group) is 1. The Morgan fingerprint density at radius 2 is 0.865 bits per heavy atom. The Labute approximate surface area is 427 Å². The summed E-state index contributed by atoms with van der Waals surface area (Å²) in [5, 5.41) is 131. The minimum absolute atomic E-state index is 0.0168. The van der Waals surface area contributed by atoms with Gasteiger partial charge in [-0.2, -0.15) is 0 Å². The maximum absolute atomic E-state index is 14.1. The van der Waals surface area contributed by atoms with Crippen LogP contribution < -0.4 is 21.3 Å². The van der Waals surface area contributed by atoms with Gasteiger partial charge in [0.05, 0.1) is 71.7 Å². The SMILES string of the molecule is CNCC(=O)CC(=O)CCCCC(=O)CCCCC[C@@H](C(=O)NCCO[C@H]1O[C@H](CO)[C@@H](O)[C@H](O)[C@@H]1O)N(CC(=O)NCCO[C@H]1O[C@H](CO)[C@@H](O)[C@H](O)[C@@H]1O)CC(=O)NCCO[C@H]1O[C@H](CO)[C@@H](O)[C@H](O)[C@@H]1O. The molecule has 0 aliphatic carbocycles. The molecule has 3 saturated heterocycles. The Morgan fingerprint density at radius 1 is 0.486 bits per heavy atom. The summed E-state index contributed by atoms with van der Waals surface area (Å²) in [6, 6.07) is -1.23. The molecule has 0 aromatic rings. The van der Waals surface area contributed by atoms with Gasteiger partial charge in [0, 0.05) is 38.9 Å². The second-order valence-corrected chi connectivity index (χ2v) is 18.2. The first-order chi connectivity index (χ1) is 35.3. The standard InChI is InChI=1S/C45H79N5O24/c1-46-18-26(56)17-25(55)9-6-5-8-24(54)7-3-2-4-10-27(42(68)49-13-16-71-45-41(67)38(64)35(61)30(23-53)74-45)50(19-31(57)47-11-14-69-43-39(65)36(62)33(59)28(21-51)72-43)20-32(58)48-12-15-70-44-40(66)37(63)34(60)29(22-52)73-44/h27-30,33-41,43-46,51-53,59-67H,2-23H2,1H3,(H,47,57)(H,48,58)(H,49,68)/t27-,28+,29+,30+,33+,34+,35+,36-,37-,38-,39-,40-,41-,43-,44-,45-/m0/s1. The van der Waals surface area contributed by atoms with Crippen LogP contribution in [-0.4, -0.2) is 285 Å². The van der Waals surface area contributed by atoms with Crippen molar-refractivity contribution in [3.8, 4) is 0 Å². The van der Waals surface area contributed by atoms with Crippen LogP contribution in [-0.2, 0) is 57.2 Å². The molecule has 428 valence electrons. The Bertz CT molecular complexity index is 1640. The fourth-order valence-electron chi connectivity index (χ4n) is 8.22. The first kappa shape index (κ1) is 64.9. The van der Waals surface area contributed by atoms with Gasteiger partial charge in [-0.15, -0.1) is 0 Å². The number of hydrogen-bond acceptors (Lipinski definition) is 26. The van der Waals surface area contributed by atoms with Gasteiger partial charge >= 0.3 is 0 Å². The molecule has 3 amide bonds. The number of carbonyl (C=O) groups excluding carboxylic acids is 6. The molecule has 0 bridgehead atoms. The highest BCUT2D eigenvalue weighted by Crippen LogP contribution is 2.24. The molecule has 0 aromatic heterocycles. The van der Waals surface area contributed by atoms with Crippen LogP contribution in [0.1, 0.15) is 64.2 Å². The van der Waals surface area contributed by atoms with Crippen LogP contribution in [0.5, 0.6) is 0 Å². The number of amides is 3. The van der Waals surface area contributed by atoms with Crippen LogP contribution in [0.2, 0.25) is 0 Å².